The van der Waals surface area contributed by atoms with Crippen LogP contribution in [0.4, 0.5) is 5.69 Å². The Bertz CT molecular complexity index is 1120. The van der Waals surface area contributed by atoms with Gasteiger partial charge in [0.05, 0.1) is 17.6 Å². The third-order valence-electron chi connectivity index (χ3n) is 4.11. The molecule has 7 nitrogen and oxygen atoms in total. The Hall–Kier alpha value is -3.79. The van der Waals surface area contributed by atoms with E-state index in [9.17, 15) is 14.4 Å². The lowest BCUT2D eigenvalue weighted by molar-refractivity contribution is -0.124. The fourth-order valence-corrected chi connectivity index (χ4v) is 2.79. The number of imidazole rings is 1. The summed E-state index contributed by atoms with van der Waals surface area (Å²) >= 11 is 0. The first-order valence-electron chi connectivity index (χ1n) is 8.27. The van der Waals surface area contributed by atoms with Crippen LogP contribution in [0.25, 0.3) is 11.0 Å². The molecule has 0 aliphatic carbocycles. The molecule has 136 valence electrons. The number of hydrogen-bond donors (Lipinski definition) is 2. The number of fused-ring (bicyclic) bond motifs is 1. The largest absolute Gasteiger partial charge is 0.345 e. The van der Waals surface area contributed by atoms with Crippen molar-refractivity contribution < 1.29 is 9.59 Å². The number of rotatable bonds is 5. The maximum Gasteiger partial charge on any atom is 0.329 e. The van der Waals surface area contributed by atoms with Gasteiger partial charge in [-0.1, -0.05) is 24.1 Å². The maximum atomic E-state index is 12.3. The van der Waals surface area contributed by atoms with Gasteiger partial charge in [-0.15, -0.1) is 6.42 Å². The summed E-state index contributed by atoms with van der Waals surface area (Å²) in [5, 5.41) is 5.18. The molecule has 2 amide bonds. The van der Waals surface area contributed by atoms with Crippen LogP contribution < -0.4 is 16.3 Å². The van der Waals surface area contributed by atoms with E-state index in [2.05, 4.69) is 16.6 Å². The minimum absolute atomic E-state index is 0.167. The second-order valence-corrected chi connectivity index (χ2v) is 5.97. The van der Waals surface area contributed by atoms with Crippen molar-refractivity contribution in [1.29, 1.82) is 0 Å². The molecule has 0 aliphatic rings. The van der Waals surface area contributed by atoms with Gasteiger partial charge in [0.2, 0.25) is 11.8 Å². The number of amides is 2. The summed E-state index contributed by atoms with van der Waals surface area (Å²) in [4.78, 5) is 36.5. The molecule has 0 unspecified atom stereocenters. The summed E-state index contributed by atoms with van der Waals surface area (Å²) in [5.74, 6) is 1.67. The van der Waals surface area contributed by atoms with Gasteiger partial charge in [-0.05, 0) is 30.3 Å². The second-order valence-electron chi connectivity index (χ2n) is 5.97. The van der Waals surface area contributed by atoms with Crippen molar-refractivity contribution >= 4 is 28.5 Å². The van der Waals surface area contributed by atoms with Gasteiger partial charge in [0, 0.05) is 18.3 Å². The molecule has 3 rings (SSSR count). The summed E-state index contributed by atoms with van der Waals surface area (Å²) in [6.45, 7) is -0.376. The number of benzene rings is 2. The Balaban J connectivity index is 1.62. The van der Waals surface area contributed by atoms with Crippen molar-refractivity contribution in [3.63, 3.8) is 0 Å². The van der Waals surface area contributed by atoms with Crippen molar-refractivity contribution in [2.75, 3.05) is 11.9 Å². The average molecular weight is 362 g/mol. The molecule has 27 heavy (non-hydrogen) atoms. The van der Waals surface area contributed by atoms with Gasteiger partial charge in [-0.3, -0.25) is 18.7 Å². The Labute approximate surface area is 155 Å². The highest BCUT2D eigenvalue weighted by molar-refractivity contribution is 5.94. The van der Waals surface area contributed by atoms with Gasteiger partial charge in [0.25, 0.3) is 0 Å². The number of aryl methyl sites for hydroxylation is 1. The molecule has 1 heterocycles. The first-order valence-corrected chi connectivity index (χ1v) is 8.27. The van der Waals surface area contributed by atoms with E-state index in [1.165, 1.54) is 9.13 Å². The highest BCUT2D eigenvalue weighted by atomic mass is 16.2. The number of para-hydroxylation sites is 2. The Morgan fingerprint density at radius 1 is 1.07 bits per heavy atom. The lowest BCUT2D eigenvalue weighted by Crippen LogP contribution is -2.37. The molecule has 2 aromatic carbocycles. The predicted octanol–water partition coefficient (Wildman–Crippen LogP) is 1.08. The number of terminal acetylenes is 1. The van der Waals surface area contributed by atoms with Crippen LogP contribution in [-0.4, -0.2) is 27.5 Å². The van der Waals surface area contributed by atoms with Crippen molar-refractivity contribution in [2.45, 2.75) is 6.54 Å². The molecule has 0 bridgehead atoms. The van der Waals surface area contributed by atoms with E-state index in [1.807, 2.05) is 12.1 Å². The van der Waals surface area contributed by atoms with Crippen LogP contribution in [0.3, 0.4) is 0 Å². The van der Waals surface area contributed by atoms with Gasteiger partial charge < -0.3 is 10.6 Å². The van der Waals surface area contributed by atoms with E-state index in [-0.39, 0.29) is 24.7 Å². The molecule has 3 aromatic rings. The van der Waals surface area contributed by atoms with Gasteiger partial charge in [-0.2, -0.15) is 0 Å². The van der Waals surface area contributed by atoms with Crippen LogP contribution in [-0.2, 0) is 23.2 Å². The third kappa shape index (κ3) is 3.90. The van der Waals surface area contributed by atoms with Gasteiger partial charge >= 0.3 is 5.69 Å². The predicted molar refractivity (Wildman–Crippen MR) is 103 cm³/mol. The van der Waals surface area contributed by atoms with Crippen molar-refractivity contribution in [2.24, 2.45) is 7.05 Å². The van der Waals surface area contributed by atoms with Crippen LogP contribution in [0.5, 0.6) is 0 Å². The average Bonchev–Trinajstić information content (AvgIpc) is 2.92. The van der Waals surface area contributed by atoms with Crippen molar-refractivity contribution in [3.05, 3.63) is 64.6 Å². The van der Waals surface area contributed by atoms with E-state index >= 15 is 0 Å². The Morgan fingerprint density at radius 3 is 2.56 bits per heavy atom. The molecule has 2 N–H and O–H groups in total. The summed E-state index contributed by atoms with van der Waals surface area (Å²) in [5.41, 5.74) is 2.31. The number of aromatic nitrogens is 2. The van der Waals surface area contributed by atoms with E-state index in [0.717, 1.165) is 5.52 Å². The number of nitrogens with zero attached hydrogens (tertiary/aromatic N) is 2. The smallest absolute Gasteiger partial charge is 0.329 e. The maximum absolute atomic E-state index is 12.3. The Kier molecular flexibility index (Phi) is 5.08. The zero-order valence-electron chi connectivity index (χ0n) is 14.7. The topological polar surface area (TPSA) is 85.1 Å². The fourth-order valence-electron chi connectivity index (χ4n) is 2.79. The monoisotopic (exact) mass is 362 g/mol. The highest BCUT2D eigenvalue weighted by Crippen LogP contribution is 2.11. The van der Waals surface area contributed by atoms with E-state index < -0.39 is 5.91 Å². The van der Waals surface area contributed by atoms with Crippen molar-refractivity contribution in [3.8, 4) is 12.3 Å². The van der Waals surface area contributed by atoms with E-state index in [1.54, 1.807) is 43.4 Å². The summed E-state index contributed by atoms with van der Waals surface area (Å²) in [6, 6.07) is 14.1. The zero-order chi connectivity index (χ0) is 19.4. The van der Waals surface area contributed by atoms with Gasteiger partial charge in [0.1, 0.15) is 6.54 Å². The SMILES string of the molecule is C#Cc1cccc(NC(=O)CNC(=O)Cn2c(=O)n(C)c3ccccc32)c1. The molecular formula is C20H18N4O3. The minimum Gasteiger partial charge on any atom is -0.345 e. The highest BCUT2D eigenvalue weighted by Gasteiger charge is 2.13. The number of anilines is 1. The lowest BCUT2D eigenvalue weighted by Gasteiger charge is -2.08. The van der Waals surface area contributed by atoms with Crippen LogP contribution in [0.2, 0.25) is 0 Å². The van der Waals surface area contributed by atoms with Gasteiger partial charge in [-0.25, -0.2) is 4.79 Å². The molecule has 0 radical (unpaired) electrons. The minimum atomic E-state index is -0.430. The van der Waals surface area contributed by atoms with E-state index in [4.69, 9.17) is 6.42 Å². The molecule has 0 saturated heterocycles. The molecule has 0 atom stereocenters. The van der Waals surface area contributed by atoms with Crippen LogP contribution in [0.1, 0.15) is 5.56 Å². The number of carbonyl (C=O) groups excluding carboxylic acids is 2. The van der Waals surface area contributed by atoms with Crippen molar-refractivity contribution in [1.82, 2.24) is 14.5 Å². The lowest BCUT2D eigenvalue weighted by atomic mass is 10.2. The molecule has 0 spiro atoms. The third-order valence-corrected chi connectivity index (χ3v) is 4.11. The van der Waals surface area contributed by atoms with Crippen LogP contribution >= 0.6 is 0 Å². The quantitative estimate of drug-likeness (QED) is 0.666. The molecule has 7 heteroatoms. The molecule has 0 saturated carbocycles. The van der Waals surface area contributed by atoms with E-state index in [0.29, 0.717) is 16.8 Å². The zero-order valence-corrected chi connectivity index (χ0v) is 14.7. The normalized spacial score (nSPS) is 10.4. The van der Waals surface area contributed by atoms with Crippen LogP contribution in [0, 0.1) is 12.3 Å². The number of nitrogens with one attached hydrogen (secondary N) is 2. The summed E-state index contributed by atoms with van der Waals surface area (Å²) in [7, 11) is 1.65. The molecular weight excluding hydrogens is 344 g/mol. The summed E-state index contributed by atoms with van der Waals surface area (Å²) < 4.78 is 2.85. The molecule has 0 aliphatic heterocycles. The number of hydrogen-bond acceptors (Lipinski definition) is 3. The fraction of sp³-hybridized carbons (Fsp3) is 0.150. The molecule has 0 fully saturated rings. The first-order chi connectivity index (χ1) is 13.0. The molecule has 1 aromatic heterocycles. The second kappa shape index (κ2) is 7.62. The summed E-state index contributed by atoms with van der Waals surface area (Å²) in [6.07, 6.45) is 5.33. The first kappa shape index (κ1) is 18.0. The standard InChI is InChI=1S/C20H18N4O3/c1-3-14-7-6-8-15(11-14)22-18(25)12-21-19(26)13-24-17-10-5-4-9-16(17)23(2)20(24)27/h1,4-11H,12-13H2,2H3,(H,21,26)(H,22,25). The van der Waals surface area contributed by atoms with Gasteiger partial charge in [0.15, 0.2) is 0 Å². The Morgan fingerprint density at radius 2 is 1.81 bits per heavy atom. The number of carbonyl (C=O) groups is 2. The van der Waals surface area contributed by atoms with Crippen LogP contribution in [0.15, 0.2) is 53.3 Å².